The largest absolute Gasteiger partial charge is 0.496 e. The van der Waals surface area contributed by atoms with Gasteiger partial charge in [0.2, 0.25) is 0 Å². The lowest BCUT2D eigenvalue weighted by Crippen LogP contribution is -2.50. The zero-order valence-electron chi connectivity index (χ0n) is 12.6. The van der Waals surface area contributed by atoms with Crippen LogP contribution in [0.15, 0.2) is 18.2 Å². The van der Waals surface area contributed by atoms with E-state index in [1.807, 2.05) is 0 Å². The standard InChI is InChI=1S/C15H18FNO6/c1-21-12-3-2-9(16)6-10(12)15(20)17-11-4-5-22-7-13(11)23-8-14(18)19/h2-3,6,11,13H,4-5,7-8H2,1H3,(H,17,20)(H,18,19)/t11-,13-/m1/s1. The molecule has 23 heavy (non-hydrogen) atoms. The van der Waals surface area contributed by atoms with Crippen LogP contribution in [0, 0.1) is 5.82 Å². The summed E-state index contributed by atoms with van der Waals surface area (Å²) in [6.07, 6.45) is -0.114. The lowest BCUT2D eigenvalue weighted by molar-refractivity contribution is -0.148. The number of halogens is 1. The highest BCUT2D eigenvalue weighted by atomic mass is 19.1. The Bertz CT molecular complexity index is 579. The SMILES string of the molecule is COc1ccc(F)cc1C(=O)N[C@@H]1CCOC[C@H]1OCC(=O)O. The second-order valence-corrected chi connectivity index (χ2v) is 5.03. The fourth-order valence-electron chi connectivity index (χ4n) is 2.32. The fraction of sp³-hybridized carbons (Fsp3) is 0.467. The highest BCUT2D eigenvalue weighted by Crippen LogP contribution is 2.20. The maximum atomic E-state index is 13.4. The number of rotatable bonds is 6. The maximum absolute atomic E-state index is 13.4. The molecule has 126 valence electrons. The van der Waals surface area contributed by atoms with E-state index in [1.165, 1.54) is 19.2 Å². The van der Waals surface area contributed by atoms with Crippen LogP contribution >= 0.6 is 0 Å². The molecule has 1 saturated heterocycles. The number of carboxylic acids is 1. The summed E-state index contributed by atoms with van der Waals surface area (Å²) in [7, 11) is 1.39. The Morgan fingerprint density at radius 1 is 1.48 bits per heavy atom. The van der Waals surface area contributed by atoms with Crippen LogP contribution in [0.1, 0.15) is 16.8 Å². The number of hydrogen-bond acceptors (Lipinski definition) is 5. The van der Waals surface area contributed by atoms with Gasteiger partial charge < -0.3 is 24.6 Å². The number of carbonyl (C=O) groups is 2. The second-order valence-electron chi connectivity index (χ2n) is 5.03. The third-order valence-corrected chi connectivity index (χ3v) is 3.45. The van der Waals surface area contributed by atoms with E-state index in [0.29, 0.717) is 13.0 Å². The van der Waals surface area contributed by atoms with Crippen LogP contribution in [0.3, 0.4) is 0 Å². The first-order valence-corrected chi connectivity index (χ1v) is 7.07. The Morgan fingerprint density at radius 3 is 2.96 bits per heavy atom. The smallest absolute Gasteiger partial charge is 0.329 e. The first kappa shape index (κ1) is 17.2. The molecule has 2 rings (SSSR count). The number of ether oxygens (including phenoxy) is 3. The quantitative estimate of drug-likeness (QED) is 0.803. The predicted octanol–water partition coefficient (Wildman–Crippen LogP) is 0.823. The van der Waals surface area contributed by atoms with Crippen molar-refractivity contribution < 1.29 is 33.3 Å². The van der Waals surface area contributed by atoms with Crippen LogP contribution in [-0.2, 0) is 14.3 Å². The molecule has 1 aromatic carbocycles. The first-order valence-electron chi connectivity index (χ1n) is 7.07. The molecule has 0 aromatic heterocycles. The Morgan fingerprint density at radius 2 is 2.26 bits per heavy atom. The molecule has 0 bridgehead atoms. The van der Waals surface area contributed by atoms with E-state index >= 15 is 0 Å². The van der Waals surface area contributed by atoms with Gasteiger partial charge in [0.1, 0.15) is 24.3 Å². The highest BCUT2D eigenvalue weighted by Gasteiger charge is 2.29. The van der Waals surface area contributed by atoms with Crippen LogP contribution in [0.5, 0.6) is 5.75 Å². The molecule has 0 radical (unpaired) electrons. The van der Waals surface area contributed by atoms with Crippen molar-refractivity contribution in [3.63, 3.8) is 0 Å². The number of benzene rings is 1. The number of carboxylic acid groups (broad SMARTS) is 1. The molecule has 1 heterocycles. The molecule has 0 saturated carbocycles. The van der Waals surface area contributed by atoms with Crippen molar-refractivity contribution in [2.24, 2.45) is 0 Å². The van der Waals surface area contributed by atoms with Gasteiger partial charge >= 0.3 is 5.97 Å². The maximum Gasteiger partial charge on any atom is 0.329 e. The van der Waals surface area contributed by atoms with Gasteiger partial charge in [0.05, 0.1) is 25.3 Å². The lowest BCUT2D eigenvalue weighted by Gasteiger charge is -2.31. The number of aliphatic carboxylic acids is 1. The van der Waals surface area contributed by atoms with E-state index in [9.17, 15) is 14.0 Å². The molecule has 7 nitrogen and oxygen atoms in total. The van der Waals surface area contributed by atoms with Crippen molar-refractivity contribution in [2.75, 3.05) is 26.9 Å². The molecule has 2 atom stereocenters. The van der Waals surface area contributed by atoms with E-state index < -0.39 is 36.4 Å². The van der Waals surface area contributed by atoms with Crippen LogP contribution < -0.4 is 10.1 Å². The summed E-state index contributed by atoms with van der Waals surface area (Å²) in [5.41, 5.74) is 0.0657. The molecule has 0 aliphatic carbocycles. The number of nitrogens with one attached hydrogen (secondary N) is 1. The van der Waals surface area contributed by atoms with Gasteiger partial charge in [0.15, 0.2) is 0 Å². The minimum Gasteiger partial charge on any atom is -0.496 e. The third kappa shape index (κ3) is 4.64. The molecule has 1 aliphatic rings. The van der Waals surface area contributed by atoms with Gasteiger partial charge in [-0.25, -0.2) is 9.18 Å². The normalized spacial score (nSPS) is 20.8. The van der Waals surface area contributed by atoms with E-state index in [0.717, 1.165) is 6.07 Å². The molecule has 0 unspecified atom stereocenters. The van der Waals surface area contributed by atoms with Gasteiger partial charge in [-0.05, 0) is 24.6 Å². The Kier molecular flexibility index (Phi) is 5.89. The lowest BCUT2D eigenvalue weighted by atomic mass is 10.0. The van der Waals surface area contributed by atoms with Gasteiger partial charge in [0, 0.05) is 6.61 Å². The minimum absolute atomic E-state index is 0.0657. The van der Waals surface area contributed by atoms with Gasteiger partial charge in [-0.15, -0.1) is 0 Å². The summed E-state index contributed by atoms with van der Waals surface area (Å²) >= 11 is 0. The molecule has 1 fully saturated rings. The molecular weight excluding hydrogens is 309 g/mol. The molecule has 1 aliphatic heterocycles. The topological polar surface area (TPSA) is 94.1 Å². The van der Waals surface area contributed by atoms with E-state index in [2.05, 4.69) is 5.32 Å². The van der Waals surface area contributed by atoms with Crippen molar-refractivity contribution in [1.82, 2.24) is 5.32 Å². The monoisotopic (exact) mass is 327 g/mol. The predicted molar refractivity (Wildman–Crippen MR) is 77.0 cm³/mol. The zero-order valence-corrected chi connectivity index (χ0v) is 12.6. The number of hydrogen-bond donors (Lipinski definition) is 2. The summed E-state index contributed by atoms with van der Waals surface area (Å²) in [5.74, 6) is -1.93. The van der Waals surface area contributed by atoms with Gasteiger partial charge in [0.25, 0.3) is 5.91 Å². The summed E-state index contributed by atoms with van der Waals surface area (Å²) in [4.78, 5) is 23.0. The van der Waals surface area contributed by atoms with Gasteiger partial charge in [-0.3, -0.25) is 4.79 Å². The van der Waals surface area contributed by atoms with E-state index in [4.69, 9.17) is 19.3 Å². The fourth-order valence-corrected chi connectivity index (χ4v) is 2.32. The van der Waals surface area contributed by atoms with Crippen molar-refractivity contribution >= 4 is 11.9 Å². The van der Waals surface area contributed by atoms with Crippen LogP contribution in [-0.4, -0.2) is 56.1 Å². The van der Waals surface area contributed by atoms with Crippen molar-refractivity contribution in [2.45, 2.75) is 18.6 Å². The van der Waals surface area contributed by atoms with Crippen molar-refractivity contribution in [3.8, 4) is 5.75 Å². The van der Waals surface area contributed by atoms with Crippen LogP contribution in [0.2, 0.25) is 0 Å². The second kappa shape index (κ2) is 7.89. The van der Waals surface area contributed by atoms with Crippen LogP contribution in [0.25, 0.3) is 0 Å². The Hall–Kier alpha value is -2.19. The molecule has 8 heteroatoms. The van der Waals surface area contributed by atoms with Crippen molar-refractivity contribution in [3.05, 3.63) is 29.6 Å². The third-order valence-electron chi connectivity index (χ3n) is 3.45. The molecule has 2 N–H and O–H groups in total. The molecule has 1 amide bonds. The molecule has 1 aromatic rings. The number of carbonyl (C=O) groups excluding carboxylic acids is 1. The van der Waals surface area contributed by atoms with E-state index in [-0.39, 0.29) is 17.9 Å². The summed E-state index contributed by atoms with van der Waals surface area (Å²) < 4.78 is 28.9. The van der Waals surface area contributed by atoms with Crippen LogP contribution in [0.4, 0.5) is 4.39 Å². The Balaban J connectivity index is 2.07. The summed E-state index contributed by atoms with van der Waals surface area (Å²) in [6.45, 7) is 0.111. The highest BCUT2D eigenvalue weighted by molar-refractivity contribution is 5.97. The average molecular weight is 327 g/mol. The summed E-state index contributed by atoms with van der Waals surface area (Å²) in [5, 5.41) is 11.4. The molecule has 0 spiro atoms. The first-order chi connectivity index (χ1) is 11.0. The minimum atomic E-state index is -1.10. The number of methoxy groups -OCH3 is 1. The summed E-state index contributed by atoms with van der Waals surface area (Å²) in [6, 6.07) is 3.22. The van der Waals surface area contributed by atoms with E-state index in [1.54, 1.807) is 0 Å². The number of amides is 1. The molecular formula is C15H18FNO6. The average Bonchev–Trinajstić information content (AvgIpc) is 2.53. The van der Waals surface area contributed by atoms with Gasteiger partial charge in [-0.2, -0.15) is 0 Å². The van der Waals surface area contributed by atoms with Gasteiger partial charge in [-0.1, -0.05) is 0 Å². The van der Waals surface area contributed by atoms with Crippen molar-refractivity contribution in [1.29, 1.82) is 0 Å². The zero-order chi connectivity index (χ0) is 16.8. The Labute approximate surface area is 132 Å².